The first-order valence-corrected chi connectivity index (χ1v) is 7.83. The zero-order chi connectivity index (χ0) is 16.6. The second kappa shape index (κ2) is 5.80. The minimum atomic E-state index is -0.965. The molecule has 1 aromatic carbocycles. The average molecular weight is 304 g/mol. The lowest BCUT2D eigenvalue weighted by Gasteiger charge is -2.39. The van der Waals surface area contributed by atoms with Crippen LogP contribution in [-0.4, -0.2) is 19.3 Å². The number of methoxy groups -OCH3 is 2. The second-order valence-electron chi connectivity index (χ2n) is 7.17. The summed E-state index contributed by atoms with van der Waals surface area (Å²) in [6.45, 7) is 8.31. The summed E-state index contributed by atoms with van der Waals surface area (Å²) in [5.41, 5.74) is 1.77. The van der Waals surface area contributed by atoms with E-state index in [0.717, 1.165) is 23.1 Å². The highest BCUT2D eigenvalue weighted by atomic mass is 16.7. The maximum atomic E-state index is 11.5. The molecule has 1 atom stereocenters. The highest BCUT2D eigenvalue weighted by Gasteiger charge is 2.45. The number of aliphatic hydroxyl groups is 1. The zero-order valence-corrected chi connectivity index (χ0v) is 14.6. The molecule has 2 rings (SSSR count). The van der Waals surface area contributed by atoms with Crippen LogP contribution in [0.15, 0.2) is 35.9 Å². The molecule has 122 valence electrons. The Hall–Kier alpha value is -1.16. The van der Waals surface area contributed by atoms with Gasteiger partial charge in [0.2, 0.25) is 0 Å². The molecule has 3 heteroatoms. The van der Waals surface area contributed by atoms with Crippen LogP contribution in [0.25, 0.3) is 0 Å². The van der Waals surface area contributed by atoms with Crippen molar-refractivity contribution in [3.8, 4) is 0 Å². The normalized spacial score (nSPS) is 22.8. The third-order valence-electron chi connectivity index (χ3n) is 4.75. The van der Waals surface area contributed by atoms with Crippen molar-refractivity contribution in [2.24, 2.45) is 5.41 Å². The molecular weight excluding hydrogens is 276 g/mol. The molecule has 0 spiro atoms. The first-order valence-electron chi connectivity index (χ1n) is 7.83. The first-order chi connectivity index (χ1) is 10.2. The Morgan fingerprint density at radius 1 is 1.05 bits per heavy atom. The number of ether oxygens (including phenoxy) is 2. The summed E-state index contributed by atoms with van der Waals surface area (Å²) >= 11 is 0. The average Bonchev–Trinajstić information content (AvgIpc) is 2.90. The molecule has 1 aliphatic rings. The van der Waals surface area contributed by atoms with Gasteiger partial charge < -0.3 is 14.6 Å². The summed E-state index contributed by atoms with van der Waals surface area (Å²) in [4.78, 5) is 0. The van der Waals surface area contributed by atoms with Crippen molar-refractivity contribution in [2.45, 2.75) is 51.9 Å². The lowest BCUT2D eigenvalue weighted by atomic mass is 9.73. The van der Waals surface area contributed by atoms with Gasteiger partial charge >= 0.3 is 0 Å². The highest BCUT2D eigenvalue weighted by Crippen LogP contribution is 2.50. The molecule has 1 unspecified atom stereocenters. The quantitative estimate of drug-likeness (QED) is 0.672. The van der Waals surface area contributed by atoms with Gasteiger partial charge in [0.1, 0.15) is 5.60 Å². The van der Waals surface area contributed by atoms with E-state index in [2.05, 4.69) is 26.8 Å². The fourth-order valence-electron chi connectivity index (χ4n) is 3.48. The first kappa shape index (κ1) is 17.2. The van der Waals surface area contributed by atoms with Crippen LogP contribution < -0.4 is 0 Å². The lowest BCUT2D eigenvalue weighted by molar-refractivity contribution is -0.203. The van der Waals surface area contributed by atoms with E-state index in [0.29, 0.717) is 6.42 Å². The van der Waals surface area contributed by atoms with Crippen LogP contribution in [0.5, 0.6) is 0 Å². The van der Waals surface area contributed by atoms with Crippen molar-refractivity contribution in [1.82, 2.24) is 0 Å². The van der Waals surface area contributed by atoms with E-state index >= 15 is 0 Å². The third-order valence-corrected chi connectivity index (χ3v) is 4.75. The van der Waals surface area contributed by atoms with Gasteiger partial charge in [0.05, 0.1) is 0 Å². The van der Waals surface area contributed by atoms with Crippen LogP contribution >= 0.6 is 0 Å². The Bertz CT molecular complexity index is 564. The standard InChI is InChI=1S/C19H28O3/c1-17(2,3)16-12-9-13-19(16,20)15-11-8-7-10-14(15)18(4,21-5)22-6/h7-8,10-12,20H,9,13H2,1-6H3. The van der Waals surface area contributed by atoms with Crippen LogP contribution in [0.1, 0.15) is 51.7 Å². The van der Waals surface area contributed by atoms with Crippen molar-refractivity contribution in [2.75, 3.05) is 14.2 Å². The molecular formula is C19H28O3. The van der Waals surface area contributed by atoms with Crippen molar-refractivity contribution < 1.29 is 14.6 Å². The lowest BCUT2D eigenvalue weighted by Crippen LogP contribution is -2.37. The Kier molecular flexibility index (Phi) is 4.54. The SMILES string of the molecule is COC(C)(OC)c1ccccc1C1(O)CCC=C1C(C)(C)C. The Morgan fingerprint density at radius 2 is 1.64 bits per heavy atom. The second-order valence-corrected chi connectivity index (χ2v) is 7.17. The van der Waals surface area contributed by atoms with E-state index in [-0.39, 0.29) is 5.41 Å². The highest BCUT2D eigenvalue weighted by molar-refractivity contribution is 5.44. The fraction of sp³-hybridized carbons (Fsp3) is 0.579. The predicted octanol–water partition coefficient (Wildman–Crippen LogP) is 4.11. The minimum absolute atomic E-state index is 0.0884. The van der Waals surface area contributed by atoms with E-state index < -0.39 is 11.4 Å². The van der Waals surface area contributed by atoms with E-state index in [9.17, 15) is 5.11 Å². The topological polar surface area (TPSA) is 38.7 Å². The predicted molar refractivity (Wildman–Crippen MR) is 88.5 cm³/mol. The number of rotatable bonds is 4. The molecule has 1 aliphatic carbocycles. The van der Waals surface area contributed by atoms with Gasteiger partial charge in [-0.2, -0.15) is 0 Å². The molecule has 0 aliphatic heterocycles. The van der Waals surface area contributed by atoms with Crippen molar-refractivity contribution in [1.29, 1.82) is 0 Å². The number of hydrogen-bond acceptors (Lipinski definition) is 3. The van der Waals surface area contributed by atoms with Crippen LogP contribution in [-0.2, 0) is 20.9 Å². The van der Waals surface area contributed by atoms with Gasteiger partial charge in [-0.25, -0.2) is 0 Å². The van der Waals surface area contributed by atoms with Gasteiger partial charge in [0, 0.05) is 19.8 Å². The molecule has 1 aromatic rings. The van der Waals surface area contributed by atoms with E-state index in [1.807, 2.05) is 31.2 Å². The smallest absolute Gasteiger partial charge is 0.191 e. The maximum absolute atomic E-state index is 11.5. The fourth-order valence-corrected chi connectivity index (χ4v) is 3.48. The van der Waals surface area contributed by atoms with Crippen LogP contribution in [0.3, 0.4) is 0 Å². The molecule has 0 bridgehead atoms. The largest absolute Gasteiger partial charge is 0.381 e. The van der Waals surface area contributed by atoms with Gasteiger partial charge in [0.25, 0.3) is 0 Å². The molecule has 0 heterocycles. The summed E-state index contributed by atoms with van der Waals surface area (Å²) < 4.78 is 11.2. The minimum Gasteiger partial charge on any atom is -0.381 e. The van der Waals surface area contributed by atoms with Gasteiger partial charge in [-0.15, -0.1) is 0 Å². The van der Waals surface area contributed by atoms with Crippen LogP contribution in [0.4, 0.5) is 0 Å². The molecule has 3 nitrogen and oxygen atoms in total. The monoisotopic (exact) mass is 304 g/mol. The van der Waals surface area contributed by atoms with E-state index in [1.54, 1.807) is 14.2 Å². The van der Waals surface area contributed by atoms with E-state index in [4.69, 9.17) is 9.47 Å². The van der Waals surface area contributed by atoms with Gasteiger partial charge in [-0.3, -0.25) is 0 Å². The zero-order valence-electron chi connectivity index (χ0n) is 14.6. The molecule has 0 amide bonds. The Morgan fingerprint density at radius 3 is 2.18 bits per heavy atom. The summed E-state index contributed by atoms with van der Waals surface area (Å²) in [5.74, 6) is -0.877. The van der Waals surface area contributed by atoms with Crippen LogP contribution in [0.2, 0.25) is 0 Å². The third kappa shape index (κ3) is 2.73. The van der Waals surface area contributed by atoms with Gasteiger partial charge in [0.15, 0.2) is 5.79 Å². The molecule has 0 fully saturated rings. The number of allylic oxidation sites excluding steroid dienone is 1. The maximum Gasteiger partial charge on any atom is 0.191 e. The summed E-state index contributed by atoms with van der Waals surface area (Å²) in [5, 5.41) is 11.5. The van der Waals surface area contributed by atoms with Gasteiger partial charge in [-0.05, 0) is 36.3 Å². The van der Waals surface area contributed by atoms with Crippen LogP contribution in [0, 0.1) is 5.41 Å². The van der Waals surface area contributed by atoms with Crippen molar-refractivity contribution in [3.63, 3.8) is 0 Å². The molecule has 1 N–H and O–H groups in total. The number of benzene rings is 1. The van der Waals surface area contributed by atoms with Crippen molar-refractivity contribution in [3.05, 3.63) is 47.0 Å². The van der Waals surface area contributed by atoms with E-state index in [1.165, 1.54) is 0 Å². The van der Waals surface area contributed by atoms with Gasteiger partial charge in [-0.1, -0.05) is 51.1 Å². The molecule has 0 saturated carbocycles. The van der Waals surface area contributed by atoms with Crippen molar-refractivity contribution >= 4 is 0 Å². The Balaban J connectivity index is 2.61. The molecule has 0 aromatic heterocycles. The summed E-state index contributed by atoms with van der Waals surface area (Å²) in [7, 11) is 3.25. The molecule has 22 heavy (non-hydrogen) atoms. The molecule has 0 radical (unpaired) electrons. The summed E-state index contributed by atoms with van der Waals surface area (Å²) in [6.07, 6.45) is 3.75. The molecule has 0 saturated heterocycles. The summed E-state index contributed by atoms with van der Waals surface area (Å²) in [6, 6.07) is 7.87. The Labute approximate surface area is 134 Å². The number of hydrogen-bond donors (Lipinski definition) is 1.